The van der Waals surface area contributed by atoms with Gasteiger partial charge < -0.3 is 10.6 Å². The van der Waals surface area contributed by atoms with Crippen LogP contribution in [0.2, 0.25) is 0 Å². The second-order valence-corrected chi connectivity index (χ2v) is 9.59. The fraction of sp³-hybridized carbons (Fsp3) is 0.524. The van der Waals surface area contributed by atoms with Gasteiger partial charge in [0.15, 0.2) is 0 Å². The average Bonchev–Trinajstić information content (AvgIpc) is 3.10. The number of nitrogens with one attached hydrogen (secondary N) is 2. The maximum Gasteiger partial charge on any atom is 0.283 e. The van der Waals surface area contributed by atoms with Crippen molar-refractivity contribution in [3.05, 3.63) is 51.1 Å². The largest absolute Gasteiger partial charge is 0.377 e. The van der Waals surface area contributed by atoms with Gasteiger partial charge in [0.05, 0.1) is 11.9 Å². The highest BCUT2D eigenvalue weighted by Gasteiger charge is 2.57. The molecule has 1 amide bonds. The van der Waals surface area contributed by atoms with Crippen LogP contribution in [0.4, 0.5) is 5.69 Å². The number of pyridine rings is 1. The molecule has 0 spiro atoms. The molecule has 2 unspecified atom stereocenters. The van der Waals surface area contributed by atoms with Gasteiger partial charge >= 0.3 is 0 Å². The summed E-state index contributed by atoms with van der Waals surface area (Å²) in [6.07, 6.45) is 11.4. The van der Waals surface area contributed by atoms with Crippen LogP contribution in [0, 0.1) is 17.8 Å². The van der Waals surface area contributed by atoms with E-state index in [-0.39, 0.29) is 23.6 Å². The number of nitrogens with zero attached hydrogens (tertiary/aromatic N) is 3. The van der Waals surface area contributed by atoms with E-state index in [2.05, 4.69) is 36.6 Å². The molecule has 0 saturated heterocycles. The van der Waals surface area contributed by atoms with Crippen LogP contribution >= 0.6 is 15.9 Å². The van der Waals surface area contributed by atoms with E-state index >= 15 is 0 Å². The first-order valence-corrected chi connectivity index (χ1v) is 11.0. The molecule has 2 heterocycles. The Balaban J connectivity index is 1.26. The summed E-state index contributed by atoms with van der Waals surface area (Å²) in [6.45, 7) is 0.282. The van der Waals surface area contributed by atoms with Crippen LogP contribution in [0.15, 0.2) is 40.0 Å². The molecular weight excluding hydrogens is 434 g/mol. The number of rotatable bonds is 6. The quantitative estimate of drug-likeness (QED) is 0.695. The number of carbonyl (C=O) groups is 1. The van der Waals surface area contributed by atoms with E-state index < -0.39 is 0 Å². The third-order valence-corrected chi connectivity index (χ3v) is 7.66. The van der Waals surface area contributed by atoms with Crippen LogP contribution in [0.3, 0.4) is 0 Å². The maximum atomic E-state index is 12.8. The van der Waals surface area contributed by atoms with Crippen molar-refractivity contribution >= 4 is 27.5 Å². The summed E-state index contributed by atoms with van der Waals surface area (Å²) in [6, 6.07) is 3.68. The van der Waals surface area contributed by atoms with E-state index in [1.54, 1.807) is 18.6 Å². The molecule has 4 aliphatic rings. The summed E-state index contributed by atoms with van der Waals surface area (Å²) < 4.78 is 1.66. The highest BCUT2D eigenvalue weighted by Crippen LogP contribution is 2.61. The molecule has 4 bridgehead atoms. The van der Waals surface area contributed by atoms with Gasteiger partial charge in [-0.1, -0.05) is 0 Å². The number of hydrogen-bond acceptors (Lipinski definition) is 5. The molecule has 4 fully saturated rings. The predicted octanol–water partition coefficient (Wildman–Crippen LogP) is 2.71. The van der Waals surface area contributed by atoms with Gasteiger partial charge in [-0.25, -0.2) is 4.68 Å². The summed E-state index contributed by atoms with van der Waals surface area (Å²) >= 11 is 3.45. The van der Waals surface area contributed by atoms with E-state index in [4.69, 9.17) is 0 Å². The molecule has 152 valence electrons. The Morgan fingerprint density at radius 2 is 1.93 bits per heavy atom. The first kappa shape index (κ1) is 18.8. The van der Waals surface area contributed by atoms with E-state index in [1.807, 2.05) is 12.1 Å². The van der Waals surface area contributed by atoms with E-state index in [1.165, 1.54) is 36.8 Å². The Hall–Kier alpha value is -2.22. The van der Waals surface area contributed by atoms with Crippen molar-refractivity contribution in [2.24, 2.45) is 17.8 Å². The molecule has 2 aromatic rings. The molecule has 4 aliphatic carbocycles. The molecule has 4 saturated carbocycles. The zero-order chi connectivity index (χ0) is 20.0. The minimum Gasteiger partial charge on any atom is -0.377 e. The lowest BCUT2D eigenvalue weighted by Gasteiger charge is -2.35. The second-order valence-electron chi connectivity index (χ2n) is 8.79. The van der Waals surface area contributed by atoms with Gasteiger partial charge in [0.1, 0.15) is 11.0 Å². The monoisotopic (exact) mass is 457 g/mol. The summed E-state index contributed by atoms with van der Waals surface area (Å²) in [5.74, 6) is 2.11. The van der Waals surface area contributed by atoms with Crippen molar-refractivity contribution in [2.75, 3.05) is 5.32 Å². The first-order valence-electron chi connectivity index (χ1n) is 10.2. The van der Waals surface area contributed by atoms with Gasteiger partial charge in [0.2, 0.25) is 5.91 Å². The smallest absolute Gasteiger partial charge is 0.283 e. The van der Waals surface area contributed by atoms with Gasteiger partial charge in [-0.05, 0) is 83.5 Å². The number of carbonyl (C=O) groups excluding carboxylic acids is 1. The lowest BCUT2D eigenvalue weighted by Crippen LogP contribution is -2.40. The number of anilines is 1. The van der Waals surface area contributed by atoms with Crippen molar-refractivity contribution in [3.63, 3.8) is 0 Å². The first-order chi connectivity index (χ1) is 14.0. The minimum absolute atomic E-state index is 0.110. The van der Waals surface area contributed by atoms with Crippen LogP contribution in [0.5, 0.6) is 0 Å². The average molecular weight is 458 g/mol. The van der Waals surface area contributed by atoms with Crippen molar-refractivity contribution in [1.82, 2.24) is 20.1 Å². The number of halogens is 1. The lowest BCUT2D eigenvalue weighted by atomic mass is 9.80. The third-order valence-electron chi connectivity index (χ3n) is 6.89. The van der Waals surface area contributed by atoms with Gasteiger partial charge in [-0.15, -0.1) is 0 Å². The Labute approximate surface area is 177 Å². The molecule has 29 heavy (non-hydrogen) atoms. The third kappa shape index (κ3) is 3.47. The maximum absolute atomic E-state index is 12.8. The fourth-order valence-electron chi connectivity index (χ4n) is 5.83. The second kappa shape index (κ2) is 7.23. The number of amides is 1. The standard InChI is InChI=1S/C21H24BrN5O2/c22-19-17(26-21-8-14-5-15(9-21)7-16(21)6-14)11-25-27(20(19)29)12-18(28)24-10-13-1-3-23-4-2-13/h1-4,11,14-16,26H,5-10,12H2,(H,24,28). The van der Waals surface area contributed by atoms with Gasteiger partial charge in [-0.3, -0.25) is 14.6 Å². The van der Waals surface area contributed by atoms with E-state index in [9.17, 15) is 9.59 Å². The normalized spacial score (nSPS) is 29.2. The van der Waals surface area contributed by atoms with Crippen molar-refractivity contribution in [3.8, 4) is 0 Å². The SMILES string of the molecule is O=C(Cn1ncc(NC23CC4CC(CC2C4)C3)c(Br)c1=O)NCc1ccncc1. The van der Waals surface area contributed by atoms with E-state index in [0.29, 0.717) is 16.9 Å². The molecular formula is C21H24BrN5O2. The summed E-state index contributed by atoms with van der Waals surface area (Å²) in [5.41, 5.74) is 1.53. The Morgan fingerprint density at radius 1 is 1.21 bits per heavy atom. The molecule has 2 atom stereocenters. The van der Waals surface area contributed by atoms with E-state index in [0.717, 1.165) is 23.1 Å². The topological polar surface area (TPSA) is 88.9 Å². The zero-order valence-corrected chi connectivity index (χ0v) is 17.7. The summed E-state index contributed by atoms with van der Waals surface area (Å²) in [5, 5.41) is 10.8. The lowest BCUT2D eigenvalue weighted by molar-refractivity contribution is -0.122. The zero-order valence-electron chi connectivity index (χ0n) is 16.1. The van der Waals surface area contributed by atoms with Gasteiger partial charge in [0.25, 0.3) is 5.56 Å². The molecule has 0 radical (unpaired) electrons. The summed E-state index contributed by atoms with van der Waals surface area (Å²) in [4.78, 5) is 29.0. The van der Waals surface area contributed by atoms with Crippen LogP contribution in [0.25, 0.3) is 0 Å². The molecule has 0 aromatic carbocycles. The highest BCUT2D eigenvalue weighted by molar-refractivity contribution is 9.10. The van der Waals surface area contributed by atoms with Crippen LogP contribution in [0.1, 0.15) is 37.7 Å². The van der Waals surface area contributed by atoms with Crippen molar-refractivity contribution in [1.29, 1.82) is 0 Å². The molecule has 8 heteroatoms. The number of hydrogen-bond donors (Lipinski definition) is 2. The summed E-state index contributed by atoms with van der Waals surface area (Å²) in [7, 11) is 0. The van der Waals surface area contributed by atoms with Crippen LogP contribution in [-0.2, 0) is 17.9 Å². The molecule has 7 nitrogen and oxygen atoms in total. The predicted molar refractivity (Wildman–Crippen MR) is 112 cm³/mol. The Morgan fingerprint density at radius 3 is 2.66 bits per heavy atom. The fourth-order valence-corrected chi connectivity index (χ4v) is 6.23. The highest BCUT2D eigenvalue weighted by atomic mass is 79.9. The number of aromatic nitrogens is 3. The van der Waals surface area contributed by atoms with Crippen molar-refractivity contribution in [2.45, 2.75) is 50.7 Å². The van der Waals surface area contributed by atoms with Crippen LogP contribution in [-0.4, -0.2) is 26.2 Å². The Bertz CT molecular complexity index is 978. The Kier molecular flexibility index (Phi) is 4.69. The minimum atomic E-state index is -0.289. The molecule has 0 aliphatic heterocycles. The van der Waals surface area contributed by atoms with Gasteiger partial charge in [0, 0.05) is 24.5 Å². The molecule has 2 N–H and O–H groups in total. The molecule has 6 rings (SSSR count). The van der Waals surface area contributed by atoms with Crippen LogP contribution < -0.4 is 16.2 Å². The van der Waals surface area contributed by atoms with Crippen molar-refractivity contribution < 1.29 is 4.79 Å². The van der Waals surface area contributed by atoms with Gasteiger partial charge in [-0.2, -0.15) is 5.10 Å². The molecule has 2 aromatic heterocycles.